The fourth-order valence-electron chi connectivity index (χ4n) is 2.40. The highest BCUT2D eigenvalue weighted by atomic mass is 19.3. The van der Waals surface area contributed by atoms with Crippen LogP contribution in [0.3, 0.4) is 0 Å². The SMILES string of the molecule is FC(F)c1cc2c(cc1-c1cncnc1)CCCN2. The first-order valence-electron chi connectivity index (χ1n) is 6.20. The van der Waals surface area contributed by atoms with Crippen molar-refractivity contribution in [2.75, 3.05) is 11.9 Å². The first-order valence-corrected chi connectivity index (χ1v) is 6.20. The number of nitrogens with one attached hydrogen (secondary N) is 1. The van der Waals surface area contributed by atoms with Crippen molar-refractivity contribution in [1.82, 2.24) is 9.97 Å². The van der Waals surface area contributed by atoms with Gasteiger partial charge in [-0.1, -0.05) is 0 Å². The van der Waals surface area contributed by atoms with Crippen LogP contribution in [-0.4, -0.2) is 16.5 Å². The molecule has 0 saturated carbocycles. The van der Waals surface area contributed by atoms with Crippen LogP contribution in [0.4, 0.5) is 14.5 Å². The molecule has 0 saturated heterocycles. The van der Waals surface area contributed by atoms with Crippen molar-refractivity contribution in [3.63, 3.8) is 0 Å². The Kier molecular flexibility index (Phi) is 3.11. The number of aryl methyl sites for hydroxylation is 1. The molecule has 1 aromatic heterocycles. The lowest BCUT2D eigenvalue weighted by atomic mass is 9.94. The Hall–Kier alpha value is -2.04. The highest BCUT2D eigenvalue weighted by Gasteiger charge is 2.19. The van der Waals surface area contributed by atoms with E-state index in [0.717, 1.165) is 30.6 Å². The number of halogens is 2. The van der Waals surface area contributed by atoms with Crippen LogP contribution in [0.25, 0.3) is 11.1 Å². The normalized spacial score (nSPS) is 14.1. The molecule has 2 heterocycles. The van der Waals surface area contributed by atoms with Gasteiger partial charge in [0.1, 0.15) is 6.33 Å². The number of nitrogens with zero attached hydrogens (tertiary/aromatic N) is 2. The van der Waals surface area contributed by atoms with E-state index < -0.39 is 6.43 Å². The molecule has 0 amide bonds. The number of hydrogen-bond acceptors (Lipinski definition) is 3. The van der Waals surface area contributed by atoms with E-state index in [4.69, 9.17) is 0 Å². The van der Waals surface area contributed by atoms with Gasteiger partial charge in [0.15, 0.2) is 0 Å². The zero-order valence-electron chi connectivity index (χ0n) is 10.2. The smallest absolute Gasteiger partial charge is 0.264 e. The molecule has 19 heavy (non-hydrogen) atoms. The van der Waals surface area contributed by atoms with Crippen molar-refractivity contribution in [1.29, 1.82) is 0 Å². The average molecular weight is 261 g/mol. The quantitative estimate of drug-likeness (QED) is 0.899. The molecule has 0 spiro atoms. The molecular weight excluding hydrogens is 248 g/mol. The Bertz CT molecular complexity index is 585. The summed E-state index contributed by atoms with van der Waals surface area (Å²) < 4.78 is 26.4. The molecule has 3 nitrogen and oxygen atoms in total. The maximum atomic E-state index is 13.2. The molecule has 1 aliphatic heterocycles. The molecule has 1 aromatic carbocycles. The van der Waals surface area contributed by atoms with Gasteiger partial charge in [-0.2, -0.15) is 0 Å². The summed E-state index contributed by atoms with van der Waals surface area (Å²) in [4.78, 5) is 7.80. The minimum absolute atomic E-state index is 0.0305. The maximum Gasteiger partial charge on any atom is 0.264 e. The zero-order chi connectivity index (χ0) is 13.2. The van der Waals surface area contributed by atoms with Gasteiger partial charge in [0, 0.05) is 35.8 Å². The lowest BCUT2D eigenvalue weighted by Gasteiger charge is -2.21. The molecule has 1 aliphatic rings. The zero-order valence-corrected chi connectivity index (χ0v) is 10.2. The van der Waals surface area contributed by atoms with Crippen molar-refractivity contribution in [3.05, 3.63) is 42.0 Å². The first-order chi connectivity index (χ1) is 9.25. The highest BCUT2D eigenvalue weighted by molar-refractivity contribution is 5.72. The van der Waals surface area contributed by atoms with E-state index in [0.29, 0.717) is 11.1 Å². The second-order valence-corrected chi connectivity index (χ2v) is 4.55. The Labute approximate surface area is 109 Å². The Morgan fingerprint density at radius 3 is 2.68 bits per heavy atom. The average Bonchev–Trinajstić information content (AvgIpc) is 2.46. The summed E-state index contributed by atoms with van der Waals surface area (Å²) in [6.45, 7) is 0.837. The third-order valence-electron chi connectivity index (χ3n) is 3.32. The van der Waals surface area contributed by atoms with Crippen molar-refractivity contribution >= 4 is 5.69 Å². The molecule has 3 rings (SSSR count). The van der Waals surface area contributed by atoms with Gasteiger partial charge < -0.3 is 5.32 Å². The molecule has 0 fully saturated rings. The number of rotatable bonds is 2. The van der Waals surface area contributed by atoms with Gasteiger partial charge in [0.25, 0.3) is 6.43 Å². The fraction of sp³-hybridized carbons (Fsp3) is 0.286. The van der Waals surface area contributed by atoms with E-state index in [1.54, 1.807) is 18.5 Å². The van der Waals surface area contributed by atoms with Crippen LogP contribution in [0.2, 0.25) is 0 Å². The van der Waals surface area contributed by atoms with Crippen LogP contribution >= 0.6 is 0 Å². The van der Waals surface area contributed by atoms with Crippen LogP contribution in [0.15, 0.2) is 30.9 Å². The molecule has 2 aromatic rings. The predicted octanol–water partition coefficient (Wildman–Crippen LogP) is 3.44. The van der Waals surface area contributed by atoms with E-state index >= 15 is 0 Å². The van der Waals surface area contributed by atoms with E-state index in [1.165, 1.54) is 6.33 Å². The first kappa shape index (κ1) is 12.0. The van der Waals surface area contributed by atoms with Gasteiger partial charge in [-0.3, -0.25) is 0 Å². The van der Waals surface area contributed by atoms with E-state index in [9.17, 15) is 8.78 Å². The van der Waals surface area contributed by atoms with Crippen LogP contribution in [0.1, 0.15) is 24.0 Å². The molecule has 5 heteroatoms. The topological polar surface area (TPSA) is 37.8 Å². The van der Waals surface area contributed by atoms with Gasteiger partial charge in [-0.15, -0.1) is 0 Å². The second-order valence-electron chi connectivity index (χ2n) is 4.55. The minimum atomic E-state index is -2.51. The van der Waals surface area contributed by atoms with Crippen LogP contribution in [0.5, 0.6) is 0 Å². The van der Waals surface area contributed by atoms with Crippen LogP contribution in [-0.2, 0) is 6.42 Å². The summed E-state index contributed by atoms with van der Waals surface area (Å²) in [7, 11) is 0. The maximum absolute atomic E-state index is 13.2. The molecule has 0 radical (unpaired) electrons. The van der Waals surface area contributed by atoms with E-state index in [-0.39, 0.29) is 5.56 Å². The molecule has 0 unspecified atom stereocenters. The third kappa shape index (κ3) is 2.28. The van der Waals surface area contributed by atoms with E-state index in [2.05, 4.69) is 15.3 Å². The van der Waals surface area contributed by atoms with Crippen molar-refractivity contribution < 1.29 is 8.78 Å². The van der Waals surface area contributed by atoms with Crippen molar-refractivity contribution in [2.24, 2.45) is 0 Å². The summed E-state index contributed by atoms with van der Waals surface area (Å²) in [5, 5.41) is 3.17. The summed E-state index contributed by atoms with van der Waals surface area (Å²) >= 11 is 0. The van der Waals surface area contributed by atoms with Gasteiger partial charge >= 0.3 is 0 Å². The van der Waals surface area contributed by atoms with E-state index in [1.807, 2.05) is 6.07 Å². The summed E-state index contributed by atoms with van der Waals surface area (Å²) in [5.41, 5.74) is 3.09. The molecule has 98 valence electrons. The number of aromatic nitrogens is 2. The summed E-state index contributed by atoms with van der Waals surface area (Å²) in [5.74, 6) is 0. The van der Waals surface area contributed by atoms with Crippen molar-refractivity contribution in [3.8, 4) is 11.1 Å². The summed E-state index contributed by atoms with van der Waals surface area (Å²) in [6.07, 6.45) is 3.95. The minimum Gasteiger partial charge on any atom is -0.385 e. The standard InChI is InChI=1S/C14H13F2N3/c15-14(16)12-5-13-9(2-1-3-19-13)4-11(12)10-6-17-8-18-7-10/h4-8,14,19H,1-3H2. The highest BCUT2D eigenvalue weighted by Crippen LogP contribution is 2.36. The largest absolute Gasteiger partial charge is 0.385 e. The molecule has 0 aliphatic carbocycles. The van der Waals surface area contributed by atoms with Gasteiger partial charge in [0.05, 0.1) is 0 Å². The van der Waals surface area contributed by atoms with Crippen LogP contribution in [0, 0.1) is 0 Å². The molecule has 0 atom stereocenters. The Balaban J connectivity index is 2.16. The van der Waals surface area contributed by atoms with Crippen molar-refractivity contribution in [2.45, 2.75) is 19.3 Å². The predicted molar refractivity (Wildman–Crippen MR) is 69.2 cm³/mol. The lowest BCUT2D eigenvalue weighted by Crippen LogP contribution is -2.12. The number of benzene rings is 1. The lowest BCUT2D eigenvalue weighted by molar-refractivity contribution is 0.152. The number of hydrogen-bond donors (Lipinski definition) is 1. The van der Waals surface area contributed by atoms with Crippen LogP contribution < -0.4 is 5.32 Å². The van der Waals surface area contributed by atoms with Gasteiger partial charge in [0.2, 0.25) is 0 Å². The fourth-order valence-corrected chi connectivity index (χ4v) is 2.40. The molecular formula is C14H13F2N3. The number of anilines is 1. The van der Waals surface area contributed by atoms with Gasteiger partial charge in [-0.05, 0) is 36.1 Å². The van der Waals surface area contributed by atoms with Gasteiger partial charge in [-0.25, -0.2) is 18.7 Å². The Morgan fingerprint density at radius 2 is 1.95 bits per heavy atom. The molecule has 0 bridgehead atoms. The molecule has 1 N–H and O–H groups in total. The monoisotopic (exact) mass is 261 g/mol. The Morgan fingerprint density at radius 1 is 1.16 bits per heavy atom. The summed E-state index contributed by atoms with van der Waals surface area (Å²) in [6, 6.07) is 3.39. The number of fused-ring (bicyclic) bond motifs is 1. The number of alkyl halides is 2. The third-order valence-corrected chi connectivity index (χ3v) is 3.32. The second kappa shape index (κ2) is 4.91.